The van der Waals surface area contributed by atoms with Crippen molar-refractivity contribution in [3.63, 3.8) is 0 Å². The molecule has 0 aliphatic heterocycles. The second-order valence-electron chi connectivity index (χ2n) is 5.88. The Morgan fingerprint density at radius 3 is 2.47 bits per heavy atom. The van der Waals surface area contributed by atoms with E-state index in [1.807, 2.05) is 6.92 Å². The number of hydrogen-bond acceptors (Lipinski definition) is 3. The van der Waals surface area contributed by atoms with Crippen molar-refractivity contribution >= 4 is 11.9 Å². The van der Waals surface area contributed by atoms with Crippen molar-refractivity contribution in [3.8, 4) is 0 Å². The number of amides is 1. The lowest BCUT2D eigenvalue weighted by molar-refractivity contribution is -0.151. The molecule has 0 saturated heterocycles. The number of rotatable bonds is 6. The van der Waals surface area contributed by atoms with Gasteiger partial charge in [0.15, 0.2) is 0 Å². The SMILES string of the molecule is CCC[C@@H](N)C(=O)NCC1(C(=O)O)CCC(C)CC1. The zero-order chi connectivity index (χ0) is 14.5. The third kappa shape index (κ3) is 4.20. The van der Waals surface area contributed by atoms with Gasteiger partial charge in [-0.3, -0.25) is 9.59 Å². The third-order valence-electron chi connectivity index (χ3n) is 4.22. The van der Waals surface area contributed by atoms with Crippen molar-refractivity contribution in [1.29, 1.82) is 0 Å². The van der Waals surface area contributed by atoms with Crippen molar-refractivity contribution in [2.24, 2.45) is 17.1 Å². The van der Waals surface area contributed by atoms with Crippen LogP contribution in [0.25, 0.3) is 0 Å². The summed E-state index contributed by atoms with van der Waals surface area (Å²) in [5, 5.41) is 12.2. The first kappa shape index (κ1) is 16.0. The van der Waals surface area contributed by atoms with Crippen molar-refractivity contribution < 1.29 is 14.7 Å². The lowest BCUT2D eigenvalue weighted by Gasteiger charge is -2.36. The summed E-state index contributed by atoms with van der Waals surface area (Å²) in [6, 6.07) is -0.529. The maximum absolute atomic E-state index is 11.8. The fraction of sp³-hybridized carbons (Fsp3) is 0.857. The van der Waals surface area contributed by atoms with Crippen LogP contribution in [-0.2, 0) is 9.59 Å². The number of carboxylic acid groups (broad SMARTS) is 1. The summed E-state index contributed by atoms with van der Waals surface area (Å²) in [6.07, 6.45) is 4.55. The molecule has 1 aliphatic carbocycles. The van der Waals surface area contributed by atoms with Crippen LogP contribution in [-0.4, -0.2) is 29.6 Å². The van der Waals surface area contributed by atoms with Crippen LogP contribution in [0.1, 0.15) is 52.4 Å². The average Bonchev–Trinajstić information content (AvgIpc) is 2.38. The Morgan fingerprint density at radius 1 is 1.42 bits per heavy atom. The second-order valence-corrected chi connectivity index (χ2v) is 5.88. The molecule has 0 aromatic rings. The molecule has 5 nitrogen and oxygen atoms in total. The molecule has 0 unspecified atom stereocenters. The lowest BCUT2D eigenvalue weighted by Crippen LogP contribution is -2.49. The molecule has 0 heterocycles. The molecule has 1 rings (SSSR count). The van der Waals surface area contributed by atoms with Crippen LogP contribution in [0.3, 0.4) is 0 Å². The van der Waals surface area contributed by atoms with E-state index in [0.717, 1.165) is 19.3 Å². The van der Waals surface area contributed by atoms with E-state index in [1.165, 1.54) is 0 Å². The summed E-state index contributed by atoms with van der Waals surface area (Å²) in [6.45, 7) is 4.31. The van der Waals surface area contributed by atoms with Crippen molar-refractivity contribution in [2.45, 2.75) is 58.4 Å². The van der Waals surface area contributed by atoms with Gasteiger partial charge in [-0.25, -0.2) is 0 Å². The van der Waals surface area contributed by atoms with Gasteiger partial charge in [-0.2, -0.15) is 0 Å². The highest BCUT2D eigenvalue weighted by atomic mass is 16.4. The molecule has 0 aromatic carbocycles. The first-order valence-electron chi connectivity index (χ1n) is 7.18. The first-order chi connectivity index (χ1) is 8.91. The van der Waals surface area contributed by atoms with Gasteiger partial charge in [-0.05, 0) is 38.0 Å². The quantitative estimate of drug-likeness (QED) is 0.682. The molecule has 0 aromatic heterocycles. The van der Waals surface area contributed by atoms with E-state index in [0.29, 0.717) is 25.2 Å². The molecule has 19 heavy (non-hydrogen) atoms. The topological polar surface area (TPSA) is 92.4 Å². The van der Waals surface area contributed by atoms with Gasteiger partial charge in [0.25, 0.3) is 0 Å². The minimum Gasteiger partial charge on any atom is -0.481 e. The van der Waals surface area contributed by atoms with Gasteiger partial charge in [0.1, 0.15) is 0 Å². The third-order valence-corrected chi connectivity index (χ3v) is 4.22. The van der Waals surface area contributed by atoms with E-state index in [9.17, 15) is 14.7 Å². The predicted molar refractivity (Wildman–Crippen MR) is 73.6 cm³/mol. The predicted octanol–water partition coefficient (Wildman–Crippen LogP) is 1.51. The summed E-state index contributed by atoms with van der Waals surface area (Å²) in [7, 11) is 0. The zero-order valence-corrected chi connectivity index (χ0v) is 11.9. The molecule has 5 heteroatoms. The monoisotopic (exact) mass is 270 g/mol. The summed E-state index contributed by atoms with van der Waals surface area (Å²) < 4.78 is 0. The van der Waals surface area contributed by atoms with Crippen molar-refractivity contribution in [3.05, 3.63) is 0 Å². The van der Waals surface area contributed by atoms with Crippen LogP contribution >= 0.6 is 0 Å². The highest BCUT2D eigenvalue weighted by molar-refractivity contribution is 5.82. The largest absolute Gasteiger partial charge is 0.481 e. The second kappa shape index (κ2) is 6.89. The Balaban J connectivity index is 2.56. The number of nitrogens with one attached hydrogen (secondary N) is 1. The molecule has 1 amide bonds. The highest BCUT2D eigenvalue weighted by Gasteiger charge is 2.41. The Labute approximate surface area is 114 Å². The molecular formula is C14H26N2O3. The number of carbonyl (C=O) groups is 2. The standard InChI is InChI=1S/C14H26N2O3/c1-3-4-11(15)12(17)16-9-14(13(18)19)7-5-10(2)6-8-14/h10-11H,3-9,15H2,1-2H3,(H,16,17)(H,18,19)/t10?,11-,14?/m1/s1. The Morgan fingerprint density at radius 2 is 2.00 bits per heavy atom. The normalized spacial score (nSPS) is 28.7. The number of nitrogens with two attached hydrogens (primary N) is 1. The molecule has 0 spiro atoms. The zero-order valence-electron chi connectivity index (χ0n) is 11.9. The Kier molecular flexibility index (Phi) is 5.79. The summed E-state index contributed by atoms with van der Waals surface area (Å²) in [5.41, 5.74) is 4.93. The molecule has 0 bridgehead atoms. The fourth-order valence-electron chi connectivity index (χ4n) is 2.61. The van der Waals surface area contributed by atoms with Gasteiger partial charge < -0.3 is 16.2 Å². The van der Waals surface area contributed by atoms with Gasteiger partial charge >= 0.3 is 5.97 Å². The van der Waals surface area contributed by atoms with E-state index in [4.69, 9.17) is 5.73 Å². The first-order valence-corrected chi connectivity index (χ1v) is 7.18. The number of hydrogen-bond donors (Lipinski definition) is 3. The minimum absolute atomic E-state index is 0.200. The highest BCUT2D eigenvalue weighted by Crippen LogP contribution is 2.38. The maximum Gasteiger partial charge on any atom is 0.311 e. The van der Waals surface area contributed by atoms with Crippen molar-refractivity contribution in [1.82, 2.24) is 5.32 Å². The Hall–Kier alpha value is -1.10. The molecule has 1 aliphatic rings. The summed E-state index contributed by atoms with van der Waals surface area (Å²) >= 11 is 0. The molecule has 1 saturated carbocycles. The number of aliphatic carboxylic acids is 1. The smallest absolute Gasteiger partial charge is 0.311 e. The van der Waals surface area contributed by atoms with Gasteiger partial charge in [-0.15, -0.1) is 0 Å². The van der Waals surface area contributed by atoms with Gasteiger partial charge in [0, 0.05) is 6.54 Å². The van der Waals surface area contributed by atoms with E-state index in [-0.39, 0.29) is 12.5 Å². The average molecular weight is 270 g/mol. The lowest BCUT2D eigenvalue weighted by atomic mass is 9.71. The van der Waals surface area contributed by atoms with Crippen LogP contribution in [0.15, 0.2) is 0 Å². The minimum atomic E-state index is -0.802. The van der Waals surface area contributed by atoms with Gasteiger partial charge in [0.05, 0.1) is 11.5 Å². The van der Waals surface area contributed by atoms with Gasteiger partial charge in [0.2, 0.25) is 5.91 Å². The van der Waals surface area contributed by atoms with Crippen LogP contribution in [0.2, 0.25) is 0 Å². The fourth-order valence-corrected chi connectivity index (χ4v) is 2.61. The number of carboxylic acids is 1. The van der Waals surface area contributed by atoms with Crippen molar-refractivity contribution in [2.75, 3.05) is 6.54 Å². The molecule has 1 fully saturated rings. The van der Waals surface area contributed by atoms with Crippen LogP contribution in [0.4, 0.5) is 0 Å². The summed E-state index contributed by atoms with van der Waals surface area (Å²) in [4.78, 5) is 23.3. The number of carbonyl (C=O) groups excluding carboxylic acids is 1. The molecule has 0 radical (unpaired) electrons. The summed E-state index contributed by atoms with van der Waals surface area (Å²) in [5.74, 6) is -0.463. The van der Waals surface area contributed by atoms with Crippen LogP contribution in [0, 0.1) is 11.3 Å². The van der Waals surface area contributed by atoms with Crippen LogP contribution in [0.5, 0.6) is 0 Å². The maximum atomic E-state index is 11.8. The van der Waals surface area contributed by atoms with E-state index in [2.05, 4.69) is 12.2 Å². The molecular weight excluding hydrogens is 244 g/mol. The molecule has 4 N–H and O–H groups in total. The van der Waals surface area contributed by atoms with E-state index >= 15 is 0 Å². The van der Waals surface area contributed by atoms with E-state index < -0.39 is 17.4 Å². The Bertz CT molecular complexity index is 323. The van der Waals surface area contributed by atoms with Crippen LogP contribution < -0.4 is 11.1 Å². The molecule has 110 valence electrons. The van der Waals surface area contributed by atoms with Gasteiger partial charge in [-0.1, -0.05) is 20.3 Å². The molecule has 1 atom stereocenters. The van der Waals surface area contributed by atoms with E-state index in [1.54, 1.807) is 0 Å².